The van der Waals surface area contributed by atoms with E-state index in [0.29, 0.717) is 0 Å². The van der Waals surface area contributed by atoms with Gasteiger partial charge in [-0.05, 0) is 54.6 Å². The van der Waals surface area contributed by atoms with Gasteiger partial charge in [0.1, 0.15) is 52.9 Å². The van der Waals surface area contributed by atoms with Gasteiger partial charge in [0.2, 0.25) is 17.5 Å². The first-order chi connectivity index (χ1) is 35.6. The molecule has 0 aliphatic carbocycles. The van der Waals surface area contributed by atoms with Crippen molar-refractivity contribution >= 4 is 84.1 Å². The largest absolute Gasteiger partial charge is 0.457 e. The zero-order chi connectivity index (χ0) is 53.6. The molecule has 0 radical (unpaired) electrons. The fourth-order valence-electron chi connectivity index (χ4n) is 7.53. The van der Waals surface area contributed by atoms with Gasteiger partial charge >= 0.3 is 17.9 Å². The van der Waals surface area contributed by atoms with Crippen molar-refractivity contribution in [1.29, 1.82) is 0 Å². The van der Waals surface area contributed by atoms with Gasteiger partial charge < -0.3 is 14.2 Å². The standard InChI is InChI=1S/C48H15F15N6O6/c49-25-16(26(50)32(56)37(61)31(25)55)10-73-46(70)13-1-4-19-22(7-13)67-43-40(64-19)41-44(68-23-8-14(2-5-20(23)65-41)47(71)74-11-17-27(51)33(57)38(62)34(58)28(17)52)45-42(43)66-21-6-3-15(9-24(21)69-45)48(72)75-12-18-29(53)35(59)39(63)36(60)30(18)54/h1-9H,10-12H2. The molecule has 0 aliphatic rings. The minimum Gasteiger partial charge on any atom is -0.457 e. The highest BCUT2D eigenvalue weighted by Gasteiger charge is 2.30. The second-order valence-electron chi connectivity index (χ2n) is 15.7. The molecular weight excluding hydrogens is 1040 g/mol. The average molecular weight is 1060 g/mol. The summed E-state index contributed by atoms with van der Waals surface area (Å²) in [6.45, 7) is -4.23. The Hall–Kier alpha value is -9.30. The molecule has 12 nitrogen and oxygen atoms in total. The summed E-state index contributed by atoms with van der Waals surface area (Å²) in [5.41, 5.74) is -6.73. The predicted molar refractivity (Wildman–Crippen MR) is 224 cm³/mol. The van der Waals surface area contributed by atoms with E-state index >= 15 is 0 Å². The SMILES string of the molecule is O=C(OCc1c(F)c(F)c(F)c(F)c1F)c1ccc2nc3c4nc5ccc(C(=O)OCc6c(F)c(F)c(F)c(F)c6F)cc5nc4c4nc5cc(C(=O)OCc6c(F)c(F)c(F)c(F)c6F)ccc5nc4c3nc2c1. The van der Waals surface area contributed by atoms with Gasteiger partial charge in [-0.3, -0.25) is 0 Å². The Morgan fingerprint density at radius 1 is 0.280 bits per heavy atom. The topological polar surface area (TPSA) is 156 Å². The van der Waals surface area contributed by atoms with E-state index in [4.69, 9.17) is 14.2 Å². The van der Waals surface area contributed by atoms with Crippen molar-refractivity contribution in [3.8, 4) is 0 Å². The number of aromatic nitrogens is 6. The normalized spacial score (nSPS) is 11.7. The quantitative estimate of drug-likeness (QED) is 0.0257. The number of rotatable bonds is 9. The molecule has 3 heterocycles. The number of esters is 3. The summed E-state index contributed by atoms with van der Waals surface area (Å²) in [4.78, 5) is 67.0. The summed E-state index contributed by atoms with van der Waals surface area (Å²) in [7, 11) is 0. The van der Waals surface area contributed by atoms with Crippen LogP contribution in [0.3, 0.4) is 0 Å². The molecule has 75 heavy (non-hydrogen) atoms. The number of nitrogens with zero attached hydrogens (tertiary/aromatic N) is 6. The molecule has 0 unspecified atom stereocenters. The van der Waals surface area contributed by atoms with Gasteiger partial charge in [-0.25, -0.2) is 110 Å². The fourth-order valence-corrected chi connectivity index (χ4v) is 7.53. The van der Waals surface area contributed by atoms with Gasteiger partial charge in [0.25, 0.3) is 0 Å². The van der Waals surface area contributed by atoms with Crippen molar-refractivity contribution in [2.24, 2.45) is 0 Å². The van der Waals surface area contributed by atoms with E-state index < -0.39 is 147 Å². The second kappa shape index (κ2) is 18.3. The number of benzene rings is 7. The third-order valence-corrected chi connectivity index (χ3v) is 11.3. The van der Waals surface area contributed by atoms with Crippen LogP contribution in [0.15, 0.2) is 54.6 Å². The van der Waals surface area contributed by atoms with Gasteiger partial charge in [-0.1, -0.05) is 0 Å². The number of hydrogen-bond donors (Lipinski definition) is 0. The lowest BCUT2D eigenvalue weighted by atomic mass is 10.1. The first-order valence-electron chi connectivity index (χ1n) is 20.6. The summed E-state index contributed by atoms with van der Waals surface area (Å²) in [5, 5.41) is 0. The molecule has 27 heteroatoms. The van der Waals surface area contributed by atoms with Crippen LogP contribution in [-0.4, -0.2) is 47.8 Å². The molecule has 7 aromatic carbocycles. The van der Waals surface area contributed by atoms with Crippen molar-refractivity contribution in [2.75, 3.05) is 0 Å². The molecule has 10 rings (SSSR count). The van der Waals surface area contributed by atoms with Crippen LogP contribution in [0.25, 0.3) is 66.2 Å². The molecule has 378 valence electrons. The van der Waals surface area contributed by atoms with Crippen LogP contribution in [0, 0.1) is 87.3 Å². The molecule has 3 aromatic heterocycles. The van der Waals surface area contributed by atoms with Crippen LogP contribution >= 0.6 is 0 Å². The zero-order valence-electron chi connectivity index (χ0n) is 36.1. The maximum Gasteiger partial charge on any atom is 0.338 e. The Balaban J connectivity index is 1.07. The third-order valence-electron chi connectivity index (χ3n) is 11.3. The van der Waals surface area contributed by atoms with Gasteiger partial charge in [0.15, 0.2) is 69.8 Å². The number of carbonyl (C=O) groups is 3. The summed E-state index contributed by atoms with van der Waals surface area (Å²) in [6, 6.07) is 10.1. The molecule has 0 spiro atoms. The van der Waals surface area contributed by atoms with Crippen LogP contribution in [0.2, 0.25) is 0 Å². The Bertz CT molecular complexity index is 4160. The highest BCUT2D eigenvalue weighted by Crippen LogP contribution is 2.35. The molecule has 0 saturated carbocycles. The van der Waals surface area contributed by atoms with E-state index in [2.05, 4.69) is 29.9 Å². The monoisotopic (exact) mass is 1060 g/mol. The summed E-state index contributed by atoms with van der Waals surface area (Å²) in [6.07, 6.45) is 0. The number of hydrogen-bond acceptors (Lipinski definition) is 12. The fraction of sp³-hybridized carbons (Fsp3) is 0.0625. The Morgan fingerprint density at radius 2 is 0.467 bits per heavy atom. The van der Waals surface area contributed by atoms with Gasteiger partial charge in [0.05, 0.1) is 66.5 Å². The van der Waals surface area contributed by atoms with E-state index in [0.717, 1.165) is 36.4 Å². The second-order valence-corrected chi connectivity index (χ2v) is 15.7. The maximum atomic E-state index is 14.4. The lowest BCUT2D eigenvalue weighted by molar-refractivity contribution is 0.0453. The van der Waals surface area contributed by atoms with Crippen molar-refractivity contribution in [2.45, 2.75) is 19.8 Å². The minimum atomic E-state index is -2.45. The van der Waals surface area contributed by atoms with Crippen molar-refractivity contribution in [3.63, 3.8) is 0 Å². The lowest BCUT2D eigenvalue weighted by Crippen LogP contribution is -2.12. The summed E-state index contributed by atoms with van der Waals surface area (Å²) < 4.78 is 224. The Morgan fingerprint density at radius 3 is 0.680 bits per heavy atom. The number of halogens is 15. The maximum absolute atomic E-state index is 14.4. The van der Waals surface area contributed by atoms with Gasteiger partial charge in [0, 0.05) is 0 Å². The molecule has 0 saturated heterocycles. The van der Waals surface area contributed by atoms with E-state index in [9.17, 15) is 80.2 Å². The van der Waals surface area contributed by atoms with Crippen molar-refractivity contribution < 1.29 is 94.5 Å². The Labute approximate surface area is 403 Å². The molecule has 0 bridgehead atoms. The minimum absolute atomic E-state index is 0.000756. The highest BCUT2D eigenvalue weighted by molar-refractivity contribution is 6.21. The summed E-state index contributed by atoms with van der Waals surface area (Å²) in [5.74, 6) is -38.6. The van der Waals surface area contributed by atoms with Gasteiger partial charge in [-0.15, -0.1) is 0 Å². The van der Waals surface area contributed by atoms with Crippen LogP contribution in [-0.2, 0) is 34.0 Å². The molecule has 0 N–H and O–H groups in total. The smallest absolute Gasteiger partial charge is 0.338 e. The Kier molecular flexibility index (Phi) is 12.0. The van der Waals surface area contributed by atoms with Crippen LogP contribution in [0.4, 0.5) is 65.9 Å². The third kappa shape index (κ3) is 8.15. The zero-order valence-corrected chi connectivity index (χ0v) is 36.1. The van der Waals surface area contributed by atoms with Crippen molar-refractivity contribution in [3.05, 3.63) is 175 Å². The highest BCUT2D eigenvalue weighted by atomic mass is 19.2. The summed E-state index contributed by atoms with van der Waals surface area (Å²) >= 11 is 0. The van der Waals surface area contributed by atoms with E-state index in [1.807, 2.05) is 0 Å². The average Bonchev–Trinajstić information content (AvgIpc) is 3.42. The van der Waals surface area contributed by atoms with Crippen molar-refractivity contribution in [1.82, 2.24) is 29.9 Å². The predicted octanol–water partition coefficient (Wildman–Crippen LogP) is 11.1. The van der Waals surface area contributed by atoms with Crippen LogP contribution < -0.4 is 0 Å². The molecular formula is C48H15F15N6O6. The first-order valence-corrected chi connectivity index (χ1v) is 20.6. The van der Waals surface area contributed by atoms with E-state index in [1.54, 1.807) is 0 Å². The molecule has 10 aromatic rings. The number of ether oxygens (including phenoxy) is 3. The van der Waals surface area contributed by atoms with Crippen LogP contribution in [0.1, 0.15) is 47.8 Å². The molecule has 0 aliphatic heterocycles. The lowest BCUT2D eigenvalue weighted by Gasteiger charge is -2.12. The molecule has 0 atom stereocenters. The van der Waals surface area contributed by atoms with E-state index in [1.165, 1.54) is 18.2 Å². The molecule has 0 amide bonds. The van der Waals surface area contributed by atoms with E-state index in [-0.39, 0.29) is 77.3 Å². The number of carbonyl (C=O) groups excluding carboxylic acids is 3. The van der Waals surface area contributed by atoms with Gasteiger partial charge in [-0.2, -0.15) is 0 Å². The van der Waals surface area contributed by atoms with Crippen LogP contribution in [0.5, 0.6) is 0 Å². The number of fused-ring (bicyclic) bond motifs is 9. The first kappa shape index (κ1) is 49.3. The molecule has 0 fully saturated rings.